The van der Waals surface area contributed by atoms with Crippen LogP contribution < -0.4 is 10.2 Å². The number of aromatic nitrogens is 1. The maximum atomic E-state index is 9.60. The molecule has 2 N–H and O–H groups in total. The first-order chi connectivity index (χ1) is 13.9. The molecule has 2 aromatic rings. The van der Waals surface area contributed by atoms with Crippen LogP contribution in [0, 0.1) is 0 Å². The van der Waals surface area contributed by atoms with Gasteiger partial charge in [0.25, 0.3) is 6.47 Å². The fraction of sp³-hybridized carbons (Fsp3) is 0.391. The number of aliphatic hydroxyl groups excluding tert-OH is 1. The van der Waals surface area contributed by atoms with Crippen LogP contribution >= 0.6 is 0 Å². The number of carbonyl (C=O) groups excluding carboxylic acids is 1. The van der Waals surface area contributed by atoms with Gasteiger partial charge in [0.2, 0.25) is 0 Å². The Labute approximate surface area is 173 Å². The second-order valence-electron chi connectivity index (χ2n) is 7.74. The third-order valence-electron chi connectivity index (χ3n) is 4.23. The summed E-state index contributed by atoms with van der Waals surface area (Å²) in [5.74, 6) is 0. The molecule has 1 fully saturated rings. The lowest BCUT2D eigenvalue weighted by Gasteiger charge is -2.29. The monoisotopic (exact) mass is 397 g/mol. The first kappa shape index (κ1) is 22.6. The van der Waals surface area contributed by atoms with E-state index in [0.29, 0.717) is 6.47 Å². The highest BCUT2D eigenvalue weighted by Gasteiger charge is 2.10. The van der Waals surface area contributed by atoms with Gasteiger partial charge in [-0.3, -0.25) is 9.78 Å². The average molecular weight is 398 g/mol. The Kier molecular flexibility index (Phi) is 8.83. The van der Waals surface area contributed by atoms with E-state index in [0.717, 1.165) is 43.0 Å². The summed E-state index contributed by atoms with van der Waals surface area (Å²) >= 11 is 0. The Morgan fingerprint density at radius 3 is 2.48 bits per heavy atom. The molecular formula is C23H31N3O3. The van der Waals surface area contributed by atoms with Crippen molar-refractivity contribution in [2.24, 2.45) is 0 Å². The summed E-state index contributed by atoms with van der Waals surface area (Å²) in [5.41, 5.74) is 3.79. The number of hydrogen-bond donors (Lipinski definition) is 2. The van der Waals surface area contributed by atoms with E-state index in [4.69, 9.17) is 5.11 Å². The van der Waals surface area contributed by atoms with Crippen molar-refractivity contribution in [3.63, 3.8) is 0 Å². The van der Waals surface area contributed by atoms with E-state index in [1.165, 1.54) is 5.69 Å². The molecule has 0 spiro atoms. The number of benzene rings is 1. The smallest absolute Gasteiger partial charge is 0.293 e. The van der Waals surface area contributed by atoms with Crippen LogP contribution in [0.4, 0.5) is 5.69 Å². The number of rotatable bonds is 5. The summed E-state index contributed by atoms with van der Waals surface area (Å²) in [4.78, 5) is 16.5. The molecule has 1 saturated heterocycles. The van der Waals surface area contributed by atoms with Crippen molar-refractivity contribution in [2.75, 3.05) is 31.1 Å². The van der Waals surface area contributed by atoms with Crippen LogP contribution in [0.2, 0.25) is 0 Å². The van der Waals surface area contributed by atoms with Crippen molar-refractivity contribution in [3.8, 4) is 0 Å². The minimum atomic E-state index is -0.318. The van der Waals surface area contributed by atoms with E-state index in [1.807, 2.05) is 69.5 Å². The van der Waals surface area contributed by atoms with Gasteiger partial charge in [-0.2, -0.15) is 0 Å². The Hall–Kier alpha value is -2.70. The van der Waals surface area contributed by atoms with E-state index in [1.54, 1.807) is 0 Å². The lowest BCUT2D eigenvalue weighted by Crippen LogP contribution is -2.43. The lowest BCUT2D eigenvalue weighted by atomic mass is 10.1. The molecule has 6 nitrogen and oxygen atoms in total. The largest absolute Gasteiger partial charge is 0.462 e. The van der Waals surface area contributed by atoms with E-state index >= 15 is 0 Å². The number of carbonyl (C=O) groups is 1. The first-order valence-electron chi connectivity index (χ1n) is 9.82. The van der Waals surface area contributed by atoms with Crippen LogP contribution in [-0.4, -0.2) is 48.3 Å². The number of aliphatic hydroxyl groups is 1. The fourth-order valence-corrected chi connectivity index (χ4v) is 2.73. The van der Waals surface area contributed by atoms with Gasteiger partial charge in [0.15, 0.2) is 0 Å². The molecule has 6 heteroatoms. The predicted octanol–water partition coefficient (Wildman–Crippen LogP) is 3.11. The summed E-state index contributed by atoms with van der Waals surface area (Å²) in [5, 5.41) is 12.5. The van der Waals surface area contributed by atoms with Crippen molar-refractivity contribution in [2.45, 2.75) is 33.0 Å². The average Bonchev–Trinajstić information content (AvgIpc) is 2.73. The minimum absolute atomic E-state index is 0.0688. The fourth-order valence-electron chi connectivity index (χ4n) is 2.73. The Morgan fingerprint density at radius 2 is 1.93 bits per heavy atom. The number of nitrogens with zero attached hydrogens (tertiary/aromatic N) is 2. The van der Waals surface area contributed by atoms with Crippen molar-refractivity contribution in [1.82, 2.24) is 10.3 Å². The number of hydrogen-bond acceptors (Lipinski definition) is 6. The van der Waals surface area contributed by atoms with Gasteiger partial charge in [-0.15, -0.1) is 0 Å². The maximum absolute atomic E-state index is 9.60. The molecule has 0 atom stereocenters. The molecule has 0 radical (unpaired) electrons. The molecule has 1 aliphatic heterocycles. The lowest BCUT2D eigenvalue weighted by molar-refractivity contribution is -0.138. The highest BCUT2D eigenvalue weighted by atomic mass is 16.5. The van der Waals surface area contributed by atoms with Crippen LogP contribution in [0.25, 0.3) is 12.2 Å². The quantitative estimate of drug-likeness (QED) is 0.755. The third-order valence-corrected chi connectivity index (χ3v) is 4.23. The van der Waals surface area contributed by atoms with Gasteiger partial charge >= 0.3 is 0 Å². The van der Waals surface area contributed by atoms with Crippen LogP contribution in [0.5, 0.6) is 0 Å². The molecule has 1 aliphatic rings. The van der Waals surface area contributed by atoms with E-state index in [9.17, 15) is 4.79 Å². The molecular weight excluding hydrogens is 366 g/mol. The zero-order valence-corrected chi connectivity index (χ0v) is 17.5. The molecule has 0 saturated carbocycles. The Bertz CT molecular complexity index is 777. The highest BCUT2D eigenvalue weighted by Crippen LogP contribution is 2.15. The zero-order valence-electron chi connectivity index (χ0n) is 17.5. The summed E-state index contributed by atoms with van der Waals surface area (Å²) in [7, 11) is 0. The van der Waals surface area contributed by atoms with E-state index in [-0.39, 0.29) is 12.2 Å². The molecule has 0 unspecified atom stereocenters. The Morgan fingerprint density at radius 1 is 1.17 bits per heavy atom. The minimum Gasteiger partial charge on any atom is -0.462 e. The normalized spacial score (nSPS) is 14.3. The molecule has 3 rings (SSSR count). The van der Waals surface area contributed by atoms with Gasteiger partial charge in [-0.25, -0.2) is 0 Å². The van der Waals surface area contributed by atoms with Gasteiger partial charge in [0.1, 0.15) is 5.60 Å². The number of piperazine rings is 1. The van der Waals surface area contributed by atoms with Crippen molar-refractivity contribution >= 4 is 24.3 Å². The standard InChI is InChI=1S/C18H21N3O.C5H10O2/c22-14-16-3-1-2-15(12-16)4-5-17-6-7-18(13-20-17)21-10-8-19-9-11-21;1-5(2,3)7-4-6/h1-7,12-13,19,22H,8-11,14H2;4H,1-3H3. The van der Waals surface area contributed by atoms with Gasteiger partial charge in [0.05, 0.1) is 24.2 Å². The third kappa shape index (κ3) is 8.46. The second-order valence-corrected chi connectivity index (χ2v) is 7.74. The van der Waals surface area contributed by atoms with Gasteiger partial charge in [-0.1, -0.05) is 24.3 Å². The van der Waals surface area contributed by atoms with E-state index in [2.05, 4.69) is 26.0 Å². The van der Waals surface area contributed by atoms with Crippen molar-refractivity contribution < 1.29 is 14.6 Å². The number of ether oxygens (including phenoxy) is 1. The number of pyridine rings is 1. The first-order valence-corrected chi connectivity index (χ1v) is 9.82. The molecule has 2 heterocycles. The molecule has 1 aromatic heterocycles. The molecule has 0 amide bonds. The summed E-state index contributed by atoms with van der Waals surface area (Å²) in [6.45, 7) is 10.1. The maximum Gasteiger partial charge on any atom is 0.293 e. The Balaban J connectivity index is 0.000000370. The van der Waals surface area contributed by atoms with Crippen molar-refractivity contribution in [1.29, 1.82) is 0 Å². The van der Waals surface area contributed by atoms with Gasteiger partial charge < -0.3 is 20.1 Å². The molecule has 29 heavy (non-hydrogen) atoms. The van der Waals surface area contributed by atoms with Crippen molar-refractivity contribution in [3.05, 3.63) is 59.4 Å². The molecule has 156 valence electrons. The predicted molar refractivity (Wildman–Crippen MR) is 118 cm³/mol. The van der Waals surface area contributed by atoms with Gasteiger partial charge in [-0.05, 0) is 56.2 Å². The molecule has 1 aromatic carbocycles. The van der Waals surface area contributed by atoms with Crippen LogP contribution in [0.3, 0.4) is 0 Å². The van der Waals surface area contributed by atoms with Crippen LogP contribution in [0.1, 0.15) is 37.6 Å². The molecule has 0 aliphatic carbocycles. The topological polar surface area (TPSA) is 74.7 Å². The summed E-state index contributed by atoms with van der Waals surface area (Å²) in [6.07, 6.45) is 5.96. The van der Waals surface area contributed by atoms with Crippen LogP contribution in [0.15, 0.2) is 42.6 Å². The zero-order chi connectivity index (χ0) is 21.1. The molecule has 0 bridgehead atoms. The highest BCUT2D eigenvalue weighted by molar-refractivity contribution is 5.68. The summed E-state index contributed by atoms with van der Waals surface area (Å²) in [6, 6.07) is 12.0. The SMILES string of the molecule is CC(C)(C)OC=O.OCc1cccc(C=Cc2ccc(N3CCNCC3)cn2)c1. The summed E-state index contributed by atoms with van der Waals surface area (Å²) < 4.78 is 4.55. The number of anilines is 1. The number of nitrogens with one attached hydrogen (secondary N) is 1. The van der Waals surface area contributed by atoms with Crippen LogP contribution in [-0.2, 0) is 16.1 Å². The van der Waals surface area contributed by atoms with E-state index < -0.39 is 0 Å². The van der Waals surface area contributed by atoms with Gasteiger partial charge in [0, 0.05) is 26.2 Å². The second kappa shape index (κ2) is 11.3.